The highest BCUT2D eigenvalue weighted by Gasteiger charge is 2.01. The molecular weight excluding hydrogens is 252 g/mol. The quantitative estimate of drug-likeness (QED) is 0.385. The minimum Gasteiger partial charge on any atom is -0.335 e. The van der Waals surface area contributed by atoms with Crippen LogP contribution in [0.15, 0.2) is 52.8 Å². The Morgan fingerprint density at radius 2 is 2.30 bits per heavy atom. The highest BCUT2D eigenvalue weighted by atomic mass is 16.6. The van der Waals surface area contributed by atoms with Crippen LogP contribution in [0.4, 0.5) is 0 Å². The molecule has 0 saturated carbocycles. The van der Waals surface area contributed by atoms with Crippen LogP contribution < -0.4 is 0 Å². The second-order valence-corrected chi connectivity index (χ2v) is 4.16. The van der Waals surface area contributed by atoms with Crippen molar-refractivity contribution in [2.24, 2.45) is 5.16 Å². The Morgan fingerprint density at radius 1 is 1.50 bits per heavy atom. The molecule has 1 aromatic heterocycles. The van der Waals surface area contributed by atoms with Crippen LogP contribution in [0, 0.1) is 16.7 Å². The fourth-order valence-electron chi connectivity index (χ4n) is 1.33. The van der Waals surface area contributed by atoms with Gasteiger partial charge in [-0.2, -0.15) is 5.26 Å². The standard InChI is InChI=1S/C15H16N4O/c1-12(2)10-13(6-5-8-16)11-19-20-15(17)14-7-3-4-9-18-14/h3-4,6-7,9-11,17H,5H2,1-2H3/b13-6+,17-15?,19-11+. The Morgan fingerprint density at radius 3 is 2.90 bits per heavy atom. The largest absolute Gasteiger partial charge is 0.335 e. The van der Waals surface area contributed by atoms with Gasteiger partial charge in [0.15, 0.2) is 0 Å². The molecule has 5 nitrogen and oxygen atoms in total. The van der Waals surface area contributed by atoms with E-state index in [4.69, 9.17) is 15.5 Å². The first-order chi connectivity index (χ1) is 9.63. The summed E-state index contributed by atoms with van der Waals surface area (Å²) in [5.41, 5.74) is 2.26. The van der Waals surface area contributed by atoms with Crippen molar-refractivity contribution in [2.45, 2.75) is 20.3 Å². The maximum Gasteiger partial charge on any atom is 0.267 e. The molecule has 0 fully saturated rings. The van der Waals surface area contributed by atoms with Crippen molar-refractivity contribution in [3.63, 3.8) is 0 Å². The van der Waals surface area contributed by atoms with Gasteiger partial charge in [0, 0.05) is 6.20 Å². The van der Waals surface area contributed by atoms with E-state index in [1.54, 1.807) is 30.5 Å². The minimum absolute atomic E-state index is 0.126. The van der Waals surface area contributed by atoms with Crippen molar-refractivity contribution in [3.05, 3.63) is 53.4 Å². The van der Waals surface area contributed by atoms with Gasteiger partial charge >= 0.3 is 0 Å². The fourth-order valence-corrected chi connectivity index (χ4v) is 1.33. The Hall–Kier alpha value is -2.74. The summed E-state index contributed by atoms with van der Waals surface area (Å²) in [5, 5.41) is 20.0. The van der Waals surface area contributed by atoms with E-state index in [1.165, 1.54) is 6.21 Å². The zero-order valence-electron chi connectivity index (χ0n) is 11.5. The van der Waals surface area contributed by atoms with Gasteiger partial charge < -0.3 is 4.84 Å². The van der Waals surface area contributed by atoms with Gasteiger partial charge in [0.1, 0.15) is 5.69 Å². The smallest absolute Gasteiger partial charge is 0.267 e. The Balaban J connectivity index is 2.68. The number of rotatable bonds is 5. The van der Waals surface area contributed by atoms with Gasteiger partial charge in [-0.15, -0.1) is 0 Å². The molecule has 0 aliphatic rings. The molecule has 1 heterocycles. The van der Waals surface area contributed by atoms with E-state index in [2.05, 4.69) is 10.1 Å². The molecule has 0 spiro atoms. The Kier molecular flexibility index (Phi) is 6.42. The van der Waals surface area contributed by atoms with Gasteiger partial charge in [-0.05, 0) is 31.6 Å². The molecule has 0 aromatic carbocycles. The third-order valence-corrected chi connectivity index (χ3v) is 2.13. The molecule has 1 rings (SSSR count). The van der Waals surface area contributed by atoms with Crippen LogP contribution in [-0.4, -0.2) is 17.1 Å². The summed E-state index contributed by atoms with van der Waals surface area (Å²) >= 11 is 0. The summed E-state index contributed by atoms with van der Waals surface area (Å²) in [6.07, 6.45) is 6.97. The number of oxime groups is 1. The zero-order chi connectivity index (χ0) is 14.8. The van der Waals surface area contributed by atoms with Crippen molar-refractivity contribution < 1.29 is 4.84 Å². The third-order valence-electron chi connectivity index (χ3n) is 2.13. The molecule has 0 radical (unpaired) electrons. The van der Waals surface area contributed by atoms with Crippen LogP contribution in [0.2, 0.25) is 0 Å². The molecule has 0 aliphatic carbocycles. The van der Waals surface area contributed by atoms with Gasteiger partial charge in [0.05, 0.1) is 18.7 Å². The summed E-state index contributed by atoms with van der Waals surface area (Å²) in [6.45, 7) is 3.90. The van der Waals surface area contributed by atoms with Crippen molar-refractivity contribution in [2.75, 3.05) is 0 Å². The van der Waals surface area contributed by atoms with E-state index in [-0.39, 0.29) is 5.90 Å². The van der Waals surface area contributed by atoms with Crippen molar-refractivity contribution in [3.8, 4) is 6.07 Å². The third kappa shape index (κ3) is 5.74. The molecule has 0 amide bonds. The molecule has 1 aromatic rings. The van der Waals surface area contributed by atoms with Crippen molar-refractivity contribution in [1.29, 1.82) is 10.7 Å². The maximum absolute atomic E-state index is 8.58. The topological polar surface area (TPSA) is 82.1 Å². The monoisotopic (exact) mass is 268 g/mol. The van der Waals surface area contributed by atoms with Gasteiger partial charge in [-0.3, -0.25) is 10.4 Å². The number of nitriles is 1. The lowest BCUT2D eigenvalue weighted by Crippen LogP contribution is -2.03. The normalized spacial score (nSPS) is 10.9. The molecule has 1 N–H and O–H groups in total. The lowest BCUT2D eigenvalue weighted by Gasteiger charge is -1.99. The second-order valence-electron chi connectivity index (χ2n) is 4.16. The SMILES string of the molecule is CC(C)=CC(/C=N/OC(=N)c1ccccn1)=C\CC#N. The molecule has 0 aliphatic heterocycles. The number of pyridine rings is 1. The number of allylic oxidation sites excluding steroid dienone is 4. The summed E-state index contributed by atoms with van der Waals surface area (Å²) in [5.74, 6) is -0.126. The lowest BCUT2D eigenvalue weighted by atomic mass is 10.2. The molecular formula is C15H16N4O. The van der Waals surface area contributed by atoms with Crippen molar-refractivity contribution in [1.82, 2.24) is 4.98 Å². The molecule has 0 saturated heterocycles. The summed E-state index contributed by atoms with van der Waals surface area (Å²) in [4.78, 5) is 8.94. The second kappa shape index (κ2) is 8.38. The van der Waals surface area contributed by atoms with Gasteiger partial charge in [0.2, 0.25) is 0 Å². The van der Waals surface area contributed by atoms with E-state index in [0.717, 1.165) is 11.1 Å². The number of nitrogens with one attached hydrogen (secondary N) is 1. The van der Waals surface area contributed by atoms with Gasteiger partial charge in [0.25, 0.3) is 5.90 Å². The van der Waals surface area contributed by atoms with E-state index in [9.17, 15) is 0 Å². The Labute approximate surface area is 118 Å². The zero-order valence-corrected chi connectivity index (χ0v) is 11.5. The fraction of sp³-hybridized carbons (Fsp3) is 0.200. The van der Waals surface area contributed by atoms with Crippen LogP contribution in [0.1, 0.15) is 26.0 Å². The predicted octanol–water partition coefficient (Wildman–Crippen LogP) is 3.22. The molecule has 0 atom stereocenters. The molecule has 0 unspecified atom stereocenters. The van der Waals surface area contributed by atoms with E-state index in [1.807, 2.05) is 26.0 Å². The van der Waals surface area contributed by atoms with Crippen molar-refractivity contribution >= 4 is 12.1 Å². The number of aromatic nitrogens is 1. The maximum atomic E-state index is 8.58. The first kappa shape index (κ1) is 15.3. The molecule has 20 heavy (non-hydrogen) atoms. The van der Waals surface area contributed by atoms with Crippen LogP contribution in [0.5, 0.6) is 0 Å². The summed E-state index contributed by atoms with van der Waals surface area (Å²) in [6, 6.07) is 7.23. The van der Waals surface area contributed by atoms with E-state index in [0.29, 0.717) is 12.1 Å². The van der Waals surface area contributed by atoms with Gasteiger partial charge in [-0.1, -0.05) is 28.9 Å². The highest BCUT2D eigenvalue weighted by Crippen LogP contribution is 2.02. The Bertz CT molecular complexity index is 576. The van der Waals surface area contributed by atoms with Crippen LogP contribution in [-0.2, 0) is 4.84 Å². The average molecular weight is 268 g/mol. The van der Waals surface area contributed by atoms with Crippen LogP contribution >= 0.6 is 0 Å². The molecule has 102 valence electrons. The molecule has 5 heteroatoms. The number of nitrogens with zero attached hydrogens (tertiary/aromatic N) is 3. The predicted molar refractivity (Wildman–Crippen MR) is 78.4 cm³/mol. The molecule has 0 bridgehead atoms. The van der Waals surface area contributed by atoms with E-state index < -0.39 is 0 Å². The summed E-state index contributed by atoms with van der Waals surface area (Å²) in [7, 11) is 0. The minimum atomic E-state index is -0.126. The van der Waals surface area contributed by atoms with E-state index >= 15 is 0 Å². The van der Waals surface area contributed by atoms with Crippen LogP contribution in [0.25, 0.3) is 0 Å². The summed E-state index contributed by atoms with van der Waals surface area (Å²) < 4.78 is 0. The van der Waals surface area contributed by atoms with Gasteiger partial charge in [-0.25, -0.2) is 0 Å². The van der Waals surface area contributed by atoms with Crippen LogP contribution in [0.3, 0.4) is 0 Å². The highest BCUT2D eigenvalue weighted by molar-refractivity contribution is 5.90. The number of hydrogen-bond donors (Lipinski definition) is 1. The number of hydrogen-bond acceptors (Lipinski definition) is 5. The first-order valence-corrected chi connectivity index (χ1v) is 6.06. The average Bonchev–Trinajstić information content (AvgIpc) is 2.44. The first-order valence-electron chi connectivity index (χ1n) is 6.06. The lowest BCUT2D eigenvalue weighted by molar-refractivity contribution is 0.327.